The lowest BCUT2D eigenvalue weighted by molar-refractivity contribution is -0.304. The highest BCUT2D eigenvalue weighted by molar-refractivity contribution is 5.89. The van der Waals surface area contributed by atoms with E-state index in [0.29, 0.717) is 25.4 Å². The van der Waals surface area contributed by atoms with Gasteiger partial charge in [-0.3, -0.25) is 0 Å². The maximum atomic E-state index is 12.2. The standard InChI is InChI=1S/C25H42O4/c1-4-6-8-10-12-14-18-27-25(26)23-16-17-24(22(3)20-23)21-29-28-19-15-13-11-9-7-5-2/h16-17,20H,4-15,18-19,21H2,1-3H3. The fourth-order valence-electron chi connectivity index (χ4n) is 3.22. The Kier molecular flexibility index (Phi) is 15.4. The van der Waals surface area contributed by atoms with Crippen LogP contribution in [0.15, 0.2) is 18.2 Å². The zero-order valence-electron chi connectivity index (χ0n) is 19.0. The number of aryl methyl sites for hydroxylation is 1. The molecule has 1 rings (SSSR count). The Hall–Kier alpha value is -1.39. The van der Waals surface area contributed by atoms with E-state index in [1.165, 1.54) is 57.8 Å². The van der Waals surface area contributed by atoms with E-state index >= 15 is 0 Å². The van der Waals surface area contributed by atoms with Gasteiger partial charge in [0.15, 0.2) is 0 Å². The molecule has 0 amide bonds. The van der Waals surface area contributed by atoms with Gasteiger partial charge in [0.05, 0.1) is 18.8 Å². The summed E-state index contributed by atoms with van der Waals surface area (Å²) in [5.41, 5.74) is 2.65. The molecule has 0 spiro atoms. The van der Waals surface area contributed by atoms with Gasteiger partial charge in [0, 0.05) is 0 Å². The van der Waals surface area contributed by atoms with Crippen LogP contribution in [0.4, 0.5) is 0 Å². The molecule has 0 radical (unpaired) electrons. The van der Waals surface area contributed by atoms with Gasteiger partial charge >= 0.3 is 5.97 Å². The maximum Gasteiger partial charge on any atom is 0.338 e. The van der Waals surface area contributed by atoms with E-state index in [1.807, 2.05) is 25.1 Å². The van der Waals surface area contributed by atoms with E-state index in [1.54, 1.807) is 0 Å². The smallest absolute Gasteiger partial charge is 0.338 e. The van der Waals surface area contributed by atoms with Crippen molar-refractivity contribution < 1.29 is 19.3 Å². The SMILES string of the molecule is CCCCCCCCOOCc1ccc(C(=O)OCCCCCCCC)cc1C. The summed E-state index contributed by atoms with van der Waals surface area (Å²) < 4.78 is 5.40. The molecule has 0 saturated carbocycles. The van der Waals surface area contributed by atoms with E-state index in [9.17, 15) is 4.79 Å². The third-order valence-electron chi connectivity index (χ3n) is 5.19. The molecule has 0 aliphatic carbocycles. The van der Waals surface area contributed by atoms with Gasteiger partial charge in [-0.2, -0.15) is 0 Å². The van der Waals surface area contributed by atoms with E-state index in [0.717, 1.165) is 30.4 Å². The molecule has 1 aromatic rings. The number of ether oxygens (including phenoxy) is 1. The summed E-state index contributed by atoms with van der Waals surface area (Å²) in [5.74, 6) is -0.242. The summed E-state index contributed by atoms with van der Waals surface area (Å²) in [6.07, 6.45) is 14.5. The van der Waals surface area contributed by atoms with Crippen LogP contribution in [0.3, 0.4) is 0 Å². The van der Waals surface area contributed by atoms with E-state index < -0.39 is 0 Å². The molecule has 0 bridgehead atoms. The van der Waals surface area contributed by atoms with E-state index in [-0.39, 0.29) is 5.97 Å². The molecule has 4 heteroatoms. The fourth-order valence-corrected chi connectivity index (χ4v) is 3.22. The molecule has 0 aliphatic heterocycles. The van der Waals surface area contributed by atoms with Crippen molar-refractivity contribution in [3.63, 3.8) is 0 Å². The lowest BCUT2D eigenvalue weighted by atomic mass is 10.1. The molecule has 0 unspecified atom stereocenters. The van der Waals surface area contributed by atoms with Crippen molar-refractivity contribution in [3.05, 3.63) is 34.9 Å². The van der Waals surface area contributed by atoms with Crippen LogP contribution in [0.25, 0.3) is 0 Å². The minimum absolute atomic E-state index is 0.242. The molecule has 1 aromatic carbocycles. The molecular weight excluding hydrogens is 364 g/mol. The molecule has 0 fully saturated rings. The Labute approximate surface area is 178 Å². The minimum atomic E-state index is -0.242. The molecule has 29 heavy (non-hydrogen) atoms. The second kappa shape index (κ2) is 17.5. The highest BCUT2D eigenvalue weighted by Gasteiger charge is 2.09. The van der Waals surface area contributed by atoms with Gasteiger partial charge in [0.25, 0.3) is 0 Å². The van der Waals surface area contributed by atoms with Gasteiger partial charge in [-0.15, -0.1) is 0 Å². The monoisotopic (exact) mass is 406 g/mol. The van der Waals surface area contributed by atoms with Crippen LogP contribution in [0.2, 0.25) is 0 Å². The van der Waals surface area contributed by atoms with Gasteiger partial charge in [-0.05, 0) is 43.0 Å². The molecule has 0 atom stereocenters. The normalized spacial score (nSPS) is 11.0. The molecule has 0 heterocycles. The van der Waals surface area contributed by atoms with Gasteiger partial charge in [0.1, 0.15) is 6.61 Å². The van der Waals surface area contributed by atoms with Gasteiger partial charge in [0.2, 0.25) is 0 Å². The Morgan fingerprint density at radius 1 is 0.759 bits per heavy atom. The van der Waals surface area contributed by atoms with E-state index in [2.05, 4.69) is 13.8 Å². The zero-order valence-corrected chi connectivity index (χ0v) is 19.0. The highest BCUT2D eigenvalue weighted by Crippen LogP contribution is 2.14. The lowest BCUT2D eigenvalue weighted by Gasteiger charge is -2.09. The number of esters is 1. The first kappa shape index (κ1) is 25.6. The average Bonchev–Trinajstić information content (AvgIpc) is 2.72. The Morgan fingerprint density at radius 3 is 1.97 bits per heavy atom. The van der Waals surface area contributed by atoms with Crippen molar-refractivity contribution >= 4 is 5.97 Å². The average molecular weight is 407 g/mol. The second-order valence-corrected chi connectivity index (χ2v) is 7.90. The highest BCUT2D eigenvalue weighted by atomic mass is 17.2. The van der Waals surface area contributed by atoms with Crippen molar-refractivity contribution in [1.29, 1.82) is 0 Å². The molecule has 0 N–H and O–H groups in total. The summed E-state index contributed by atoms with van der Waals surface area (Å²) in [4.78, 5) is 22.8. The molecular formula is C25H42O4. The molecule has 0 aromatic heterocycles. The lowest BCUT2D eigenvalue weighted by Crippen LogP contribution is -2.07. The number of carbonyl (C=O) groups excluding carboxylic acids is 1. The van der Waals surface area contributed by atoms with Crippen LogP contribution < -0.4 is 0 Å². The first-order valence-corrected chi connectivity index (χ1v) is 11.7. The van der Waals surface area contributed by atoms with Crippen LogP contribution in [0, 0.1) is 6.92 Å². The Morgan fingerprint density at radius 2 is 1.34 bits per heavy atom. The topological polar surface area (TPSA) is 44.8 Å². The molecule has 0 aliphatic rings. The van der Waals surface area contributed by atoms with Crippen molar-refractivity contribution in [2.75, 3.05) is 13.2 Å². The molecule has 0 saturated heterocycles. The van der Waals surface area contributed by atoms with Crippen LogP contribution in [0.1, 0.15) is 112 Å². The first-order chi connectivity index (χ1) is 14.2. The third-order valence-corrected chi connectivity index (χ3v) is 5.19. The fraction of sp³-hybridized carbons (Fsp3) is 0.720. The predicted octanol–water partition coefficient (Wildman–Crippen LogP) is 7.32. The predicted molar refractivity (Wildman–Crippen MR) is 119 cm³/mol. The molecule has 4 nitrogen and oxygen atoms in total. The van der Waals surface area contributed by atoms with Crippen LogP contribution in [0.5, 0.6) is 0 Å². The van der Waals surface area contributed by atoms with Crippen molar-refractivity contribution in [2.45, 2.75) is 104 Å². The molecule has 166 valence electrons. The summed E-state index contributed by atoms with van der Waals surface area (Å²) in [6.45, 7) is 7.95. The summed E-state index contributed by atoms with van der Waals surface area (Å²) in [5, 5.41) is 0. The van der Waals surface area contributed by atoms with Crippen LogP contribution in [-0.2, 0) is 21.1 Å². The van der Waals surface area contributed by atoms with Gasteiger partial charge in [-0.1, -0.05) is 84.1 Å². The number of carbonyl (C=O) groups is 1. The number of hydrogen-bond donors (Lipinski definition) is 0. The zero-order chi connectivity index (χ0) is 21.2. The van der Waals surface area contributed by atoms with Crippen molar-refractivity contribution in [1.82, 2.24) is 0 Å². The summed E-state index contributed by atoms with van der Waals surface area (Å²) in [6, 6.07) is 5.60. The quantitative estimate of drug-likeness (QED) is 0.111. The second-order valence-electron chi connectivity index (χ2n) is 7.90. The number of benzene rings is 1. The Bertz CT molecular complexity index is 542. The largest absolute Gasteiger partial charge is 0.462 e. The Balaban J connectivity index is 2.18. The number of hydrogen-bond acceptors (Lipinski definition) is 4. The van der Waals surface area contributed by atoms with Gasteiger partial charge in [-0.25, -0.2) is 14.6 Å². The summed E-state index contributed by atoms with van der Waals surface area (Å²) in [7, 11) is 0. The van der Waals surface area contributed by atoms with Crippen molar-refractivity contribution in [2.24, 2.45) is 0 Å². The maximum absolute atomic E-state index is 12.2. The minimum Gasteiger partial charge on any atom is -0.462 e. The number of rotatable bonds is 18. The van der Waals surface area contributed by atoms with E-state index in [4.69, 9.17) is 14.5 Å². The van der Waals surface area contributed by atoms with Crippen molar-refractivity contribution in [3.8, 4) is 0 Å². The third kappa shape index (κ3) is 12.7. The summed E-state index contributed by atoms with van der Waals surface area (Å²) >= 11 is 0. The van der Waals surface area contributed by atoms with Crippen LogP contribution >= 0.6 is 0 Å². The first-order valence-electron chi connectivity index (χ1n) is 11.7. The van der Waals surface area contributed by atoms with Gasteiger partial charge < -0.3 is 4.74 Å². The number of unbranched alkanes of at least 4 members (excludes halogenated alkanes) is 10. The van der Waals surface area contributed by atoms with Crippen LogP contribution in [-0.4, -0.2) is 19.2 Å².